The molecule has 0 aliphatic carbocycles. The first kappa shape index (κ1) is 16.4. The van der Waals surface area contributed by atoms with Gasteiger partial charge in [0.15, 0.2) is 23.0 Å². The fourth-order valence-corrected chi connectivity index (χ4v) is 2.27. The average molecular weight is 336 g/mol. The topological polar surface area (TPSA) is 89.6 Å². The molecule has 25 heavy (non-hydrogen) atoms. The molecule has 0 amide bonds. The van der Waals surface area contributed by atoms with Gasteiger partial charge in [0, 0.05) is 5.56 Å². The van der Waals surface area contributed by atoms with Gasteiger partial charge < -0.3 is 9.84 Å². The summed E-state index contributed by atoms with van der Waals surface area (Å²) in [6.07, 6.45) is 1.49. The largest absolute Gasteiger partial charge is 0.504 e. The molecule has 3 aromatic rings. The minimum Gasteiger partial charge on any atom is -0.504 e. The highest BCUT2D eigenvalue weighted by Gasteiger charge is 2.10. The molecule has 2 aromatic carbocycles. The molecular weight excluding hydrogens is 320 g/mol. The summed E-state index contributed by atoms with van der Waals surface area (Å²) >= 11 is 0. The number of ether oxygens (including phenoxy) is 1. The Kier molecular flexibility index (Phi) is 4.56. The van der Waals surface area contributed by atoms with Gasteiger partial charge in [0.1, 0.15) is 0 Å². The summed E-state index contributed by atoms with van der Waals surface area (Å²) in [5.74, 6) is 0.725. The van der Waals surface area contributed by atoms with Crippen LogP contribution >= 0.6 is 0 Å². The Morgan fingerprint density at radius 1 is 1.16 bits per heavy atom. The van der Waals surface area contributed by atoms with E-state index >= 15 is 0 Å². The fourth-order valence-electron chi connectivity index (χ4n) is 2.27. The number of phenolic OH excluding ortho intramolecular Hbond substituents is 1. The quantitative estimate of drug-likeness (QED) is 0.738. The van der Waals surface area contributed by atoms with Crippen LogP contribution in [0.3, 0.4) is 0 Å². The molecule has 7 nitrogen and oxygen atoms in total. The number of phenols is 1. The van der Waals surface area contributed by atoms with Gasteiger partial charge in [-0.2, -0.15) is 9.78 Å². The standard InChI is InChI=1S/C18H16N4O3/c1-12-20-21-17(14-6-4-3-5-7-14)18(24)22(12)19-11-13-8-9-15(23)16(10-13)25-2/h3-11,23H,1-2H3. The Morgan fingerprint density at radius 3 is 2.64 bits per heavy atom. The number of hydrogen-bond acceptors (Lipinski definition) is 6. The van der Waals surface area contributed by atoms with Crippen molar-refractivity contribution in [1.29, 1.82) is 0 Å². The highest BCUT2D eigenvalue weighted by Crippen LogP contribution is 2.25. The normalized spacial score (nSPS) is 11.0. The first-order chi connectivity index (χ1) is 12.1. The third kappa shape index (κ3) is 3.40. The lowest BCUT2D eigenvalue weighted by Crippen LogP contribution is -2.23. The number of hydrogen-bond donors (Lipinski definition) is 1. The van der Waals surface area contributed by atoms with E-state index in [-0.39, 0.29) is 17.0 Å². The summed E-state index contributed by atoms with van der Waals surface area (Å²) in [6.45, 7) is 1.65. The van der Waals surface area contributed by atoms with Crippen LogP contribution in [0, 0.1) is 6.92 Å². The second-order valence-corrected chi connectivity index (χ2v) is 5.25. The number of aromatic nitrogens is 3. The molecule has 0 saturated heterocycles. The lowest BCUT2D eigenvalue weighted by atomic mass is 10.2. The van der Waals surface area contributed by atoms with Gasteiger partial charge in [0.2, 0.25) is 0 Å². The SMILES string of the molecule is COc1cc(C=Nn2c(C)nnc(-c3ccccc3)c2=O)ccc1O. The monoisotopic (exact) mass is 336 g/mol. The Morgan fingerprint density at radius 2 is 1.92 bits per heavy atom. The molecule has 1 aromatic heterocycles. The molecule has 0 unspecified atom stereocenters. The molecule has 1 heterocycles. The summed E-state index contributed by atoms with van der Waals surface area (Å²) in [4.78, 5) is 12.7. The lowest BCUT2D eigenvalue weighted by molar-refractivity contribution is 0.373. The van der Waals surface area contributed by atoms with Crippen molar-refractivity contribution in [3.63, 3.8) is 0 Å². The van der Waals surface area contributed by atoms with E-state index in [0.29, 0.717) is 22.7 Å². The van der Waals surface area contributed by atoms with E-state index in [1.54, 1.807) is 31.2 Å². The average Bonchev–Trinajstić information content (AvgIpc) is 2.63. The van der Waals surface area contributed by atoms with E-state index in [1.807, 2.05) is 18.2 Å². The third-order valence-electron chi connectivity index (χ3n) is 3.57. The number of aromatic hydroxyl groups is 1. The van der Waals surface area contributed by atoms with Gasteiger partial charge in [0.25, 0.3) is 0 Å². The number of nitrogens with zero attached hydrogens (tertiary/aromatic N) is 4. The summed E-state index contributed by atoms with van der Waals surface area (Å²) in [6, 6.07) is 13.9. The van der Waals surface area contributed by atoms with Crippen LogP contribution in [0.1, 0.15) is 11.4 Å². The van der Waals surface area contributed by atoms with Gasteiger partial charge in [0.05, 0.1) is 13.3 Å². The van der Waals surface area contributed by atoms with Crippen molar-refractivity contribution in [2.75, 3.05) is 7.11 Å². The maximum atomic E-state index is 12.7. The van der Waals surface area contributed by atoms with Crippen molar-refractivity contribution >= 4 is 6.21 Å². The molecule has 0 spiro atoms. The van der Waals surface area contributed by atoms with Crippen LogP contribution < -0.4 is 10.3 Å². The molecule has 7 heteroatoms. The van der Waals surface area contributed by atoms with Gasteiger partial charge in [-0.25, -0.2) is 0 Å². The molecule has 0 radical (unpaired) electrons. The predicted molar refractivity (Wildman–Crippen MR) is 94.1 cm³/mol. The van der Waals surface area contributed by atoms with Crippen LogP contribution in [0.4, 0.5) is 0 Å². The molecule has 3 rings (SSSR count). The van der Waals surface area contributed by atoms with Crippen LogP contribution in [-0.2, 0) is 0 Å². The molecule has 0 aliphatic heterocycles. The molecule has 0 saturated carbocycles. The molecule has 0 aliphatic rings. The molecule has 0 fully saturated rings. The van der Waals surface area contributed by atoms with Gasteiger partial charge >= 0.3 is 5.56 Å². The molecular formula is C18H16N4O3. The number of aryl methyl sites for hydroxylation is 1. The second kappa shape index (κ2) is 6.96. The number of methoxy groups -OCH3 is 1. The van der Waals surface area contributed by atoms with E-state index in [1.165, 1.54) is 24.1 Å². The Labute approximate surface area is 143 Å². The smallest absolute Gasteiger partial charge is 0.301 e. The van der Waals surface area contributed by atoms with Crippen molar-refractivity contribution in [3.05, 3.63) is 70.3 Å². The summed E-state index contributed by atoms with van der Waals surface area (Å²) < 4.78 is 6.25. The van der Waals surface area contributed by atoms with Crippen molar-refractivity contribution in [3.8, 4) is 22.8 Å². The highest BCUT2D eigenvalue weighted by atomic mass is 16.5. The highest BCUT2D eigenvalue weighted by molar-refractivity contribution is 5.80. The van der Waals surface area contributed by atoms with E-state index in [0.717, 1.165) is 0 Å². The van der Waals surface area contributed by atoms with Crippen LogP contribution in [0.15, 0.2) is 58.4 Å². The molecule has 1 N–H and O–H groups in total. The maximum absolute atomic E-state index is 12.7. The summed E-state index contributed by atoms with van der Waals surface area (Å²) in [5.41, 5.74) is 1.21. The van der Waals surface area contributed by atoms with Gasteiger partial charge in [-0.15, -0.1) is 10.2 Å². The van der Waals surface area contributed by atoms with Crippen LogP contribution in [0.5, 0.6) is 11.5 Å². The first-order valence-electron chi connectivity index (χ1n) is 7.53. The van der Waals surface area contributed by atoms with Crippen LogP contribution in [0.2, 0.25) is 0 Å². The third-order valence-corrected chi connectivity index (χ3v) is 3.57. The zero-order chi connectivity index (χ0) is 17.8. The molecule has 0 bridgehead atoms. The summed E-state index contributed by atoms with van der Waals surface area (Å²) in [7, 11) is 1.46. The Bertz CT molecular complexity index is 981. The minimum absolute atomic E-state index is 0.0324. The fraction of sp³-hybridized carbons (Fsp3) is 0.111. The van der Waals surface area contributed by atoms with Crippen molar-refractivity contribution in [2.24, 2.45) is 5.10 Å². The lowest BCUT2D eigenvalue weighted by Gasteiger charge is -2.06. The van der Waals surface area contributed by atoms with Crippen molar-refractivity contribution in [2.45, 2.75) is 6.92 Å². The zero-order valence-electron chi connectivity index (χ0n) is 13.7. The number of rotatable bonds is 4. The zero-order valence-corrected chi connectivity index (χ0v) is 13.7. The van der Waals surface area contributed by atoms with Crippen molar-refractivity contribution < 1.29 is 9.84 Å². The van der Waals surface area contributed by atoms with E-state index in [2.05, 4.69) is 15.3 Å². The predicted octanol–water partition coefficient (Wildman–Crippen LogP) is 2.21. The minimum atomic E-state index is -0.360. The molecule has 126 valence electrons. The Hall–Kier alpha value is -3.48. The number of benzene rings is 2. The van der Waals surface area contributed by atoms with Gasteiger partial charge in [-0.1, -0.05) is 30.3 Å². The Balaban J connectivity index is 2.02. The van der Waals surface area contributed by atoms with Crippen LogP contribution in [-0.4, -0.2) is 33.3 Å². The van der Waals surface area contributed by atoms with Crippen molar-refractivity contribution in [1.82, 2.24) is 14.9 Å². The van der Waals surface area contributed by atoms with Gasteiger partial charge in [-0.05, 0) is 30.7 Å². The van der Waals surface area contributed by atoms with Gasteiger partial charge in [-0.3, -0.25) is 4.79 Å². The van der Waals surface area contributed by atoms with E-state index in [4.69, 9.17) is 4.74 Å². The van der Waals surface area contributed by atoms with E-state index < -0.39 is 0 Å². The summed E-state index contributed by atoms with van der Waals surface area (Å²) in [5, 5.41) is 21.8. The maximum Gasteiger partial charge on any atom is 0.301 e. The second-order valence-electron chi connectivity index (χ2n) is 5.25. The van der Waals surface area contributed by atoms with Crippen LogP contribution in [0.25, 0.3) is 11.3 Å². The van der Waals surface area contributed by atoms with E-state index in [9.17, 15) is 9.90 Å². The first-order valence-corrected chi connectivity index (χ1v) is 7.53. The molecule has 0 atom stereocenters.